The summed E-state index contributed by atoms with van der Waals surface area (Å²) in [5.41, 5.74) is -0.519. The molecule has 4 rings (SSSR count). The van der Waals surface area contributed by atoms with Gasteiger partial charge in [0.1, 0.15) is 11.6 Å². The van der Waals surface area contributed by atoms with Crippen molar-refractivity contribution in [2.45, 2.75) is 25.1 Å². The number of benzene rings is 1. The van der Waals surface area contributed by atoms with E-state index in [9.17, 15) is 27.9 Å². The molecule has 186 valence electrons. The van der Waals surface area contributed by atoms with Gasteiger partial charge < -0.3 is 25.8 Å². The molecule has 0 unspecified atom stereocenters. The summed E-state index contributed by atoms with van der Waals surface area (Å²) in [5, 5.41) is 21.5. The van der Waals surface area contributed by atoms with E-state index in [1.165, 1.54) is 23.9 Å². The van der Waals surface area contributed by atoms with Crippen molar-refractivity contribution in [1.29, 1.82) is 0 Å². The van der Waals surface area contributed by atoms with Gasteiger partial charge in [-0.05, 0) is 18.9 Å². The Kier molecular flexibility index (Phi) is 5.30. The topological polar surface area (TPSA) is 130 Å². The summed E-state index contributed by atoms with van der Waals surface area (Å²) < 4.78 is 68.5. The number of methoxy groups -OCH3 is 1. The highest BCUT2D eigenvalue weighted by Crippen LogP contribution is 2.43. The smallest absolute Gasteiger partial charge is 0.418 e. The van der Waals surface area contributed by atoms with Gasteiger partial charge >= 0.3 is 6.18 Å². The molecule has 1 fully saturated rings. The van der Waals surface area contributed by atoms with Crippen LogP contribution in [0, 0.1) is 5.92 Å². The van der Waals surface area contributed by atoms with Crippen LogP contribution in [0.1, 0.15) is 39.0 Å². The summed E-state index contributed by atoms with van der Waals surface area (Å²) in [5.74, 6) is -1.79. The lowest BCUT2D eigenvalue weighted by Crippen LogP contribution is -2.21. The van der Waals surface area contributed by atoms with Gasteiger partial charge in [0.05, 0.1) is 29.3 Å². The molecule has 1 atom stereocenters. The molecule has 0 radical (unpaired) electrons. The molecule has 0 aliphatic heterocycles. The summed E-state index contributed by atoms with van der Waals surface area (Å²) in [7, 11) is 2.65. The van der Waals surface area contributed by atoms with E-state index in [1.54, 1.807) is 0 Å². The molecule has 4 N–H and O–H groups in total. The van der Waals surface area contributed by atoms with Crippen LogP contribution in [-0.4, -0.2) is 51.9 Å². The van der Waals surface area contributed by atoms with Crippen molar-refractivity contribution in [2.75, 3.05) is 24.7 Å². The molecule has 3 aromatic rings. The van der Waals surface area contributed by atoms with Crippen molar-refractivity contribution in [3.63, 3.8) is 0 Å². The van der Waals surface area contributed by atoms with E-state index in [0.29, 0.717) is 5.52 Å². The van der Waals surface area contributed by atoms with E-state index in [2.05, 4.69) is 20.7 Å². The van der Waals surface area contributed by atoms with Gasteiger partial charge in [-0.3, -0.25) is 14.3 Å². The summed E-state index contributed by atoms with van der Waals surface area (Å²) in [6.45, 7) is -2.82. The third-order valence-electron chi connectivity index (χ3n) is 5.52. The highest BCUT2D eigenvalue weighted by molar-refractivity contribution is 6.04. The zero-order chi connectivity index (χ0) is 28.0. The number of carbonyl (C=O) groups excluding carboxylic acids is 2. The maximum absolute atomic E-state index is 13.3. The molecule has 1 aliphatic rings. The predicted molar refractivity (Wildman–Crippen MR) is 121 cm³/mol. The third kappa shape index (κ3) is 4.71. The third-order valence-corrected chi connectivity index (χ3v) is 5.52. The van der Waals surface area contributed by atoms with E-state index in [4.69, 9.17) is 8.85 Å². The van der Waals surface area contributed by atoms with Gasteiger partial charge in [-0.1, -0.05) is 6.07 Å². The van der Waals surface area contributed by atoms with E-state index in [1.807, 2.05) is 5.32 Å². The number of nitrogens with one attached hydrogen (secondary N) is 3. The van der Waals surface area contributed by atoms with E-state index in [-0.39, 0.29) is 45.8 Å². The van der Waals surface area contributed by atoms with Crippen LogP contribution in [0.15, 0.2) is 24.4 Å². The molecule has 2 heterocycles. The lowest BCUT2D eigenvalue weighted by atomic mass is 10.0. The normalized spacial score (nSPS) is 16.1. The van der Waals surface area contributed by atoms with Crippen molar-refractivity contribution in [3.8, 4) is 5.75 Å². The van der Waals surface area contributed by atoms with Crippen molar-refractivity contribution in [3.05, 3.63) is 35.5 Å². The molecule has 0 bridgehead atoms. The van der Waals surface area contributed by atoms with Gasteiger partial charge in [-0.15, -0.1) is 0 Å². The Morgan fingerprint density at radius 3 is 2.71 bits per heavy atom. The molecule has 1 aliphatic carbocycles. The monoisotopic (exact) mass is 495 g/mol. The maximum atomic E-state index is 13.3. The first-order valence-electron chi connectivity index (χ1n) is 11.9. The number of anilines is 3. The number of fused-ring (bicyclic) bond motifs is 1. The van der Waals surface area contributed by atoms with Crippen LogP contribution in [0.3, 0.4) is 0 Å². The second kappa shape index (κ2) is 9.06. The van der Waals surface area contributed by atoms with Crippen LogP contribution < -0.4 is 20.7 Å². The Bertz CT molecular complexity index is 1410. The Balaban J connectivity index is 1.82. The number of halogens is 3. The van der Waals surface area contributed by atoms with Crippen LogP contribution in [0.2, 0.25) is 0 Å². The van der Waals surface area contributed by atoms with Crippen LogP contribution in [0.4, 0.5) is 30.5 Å². The lowest BCUT2D eigenvalue weighted by molar-refractivity contribution is -0.207. The van der Waals surface area contributed by atoms with Gasteiger partial charge in [0, 0.05) is 41.9 Å². The summed E-state index contributed by atoms with van der Waals surface area (Å²) in [6, 6.07) is 3.66. The number of aryl methyl sites for hydroxylation is 1. The SMILES string of the molecule is [2H]C([2H])([2H])NC(=O)c1cnc(NC(=O)C2CC2)cc1Nc1nn(C)c2ccc([C@@H](O)C(F)(F)F)c(OC)c12. The van der Waals surface area contributed by atoms with Crippen molar-refractivity contribution >= 4 is 40.0 Å². The number of carbonyl (C=O) groups is 2. The molecule has 1 aromatic carbocycles. The number of aliphatic hydroxyl groups is 1. The van der Waals surface area contributed by atoms with Crippen LogP contribution in [0.25, 0.3) is 10.9 Å². The Morgan fingerprint density at radius 2 is 2.09 bits per heavy atom. The number of ether oxygens (including phenoxy) is 1. The quantitative estimate of drug-likeness (QED) is 0.396. The van der Waals surface area contributed by atoms with Gasteiger partial charge in [-0.25, -0.2) is 4.98 Å². The lowest BCUT2D eigenvalue weighted by Gasteiger charge is -2.18. The number of amides is 2. The van der Waals surface area contributed by atoms with E-state index < -0.39 is 30.7 Å². The molecule has 13 heteroatoms. The largest absolute Gasteiger partial charge is 0.496 e. The average Bonchev–Trinajstić information content (AvgIpc) is 3.61. The Labute approximate surface area is 201 Å². The van der Waals surface area contributed by atoms with Crippen molar-refractivity contribution < 1.29 is 36.7 Å². The molecule has 0 spiro atoms. The number of pyridine rings is 1. The Morgan fingerprint density at radius 1 is 1.34 bits per heavy atom. The summed E-state index contributed by atoms with van der Waals surface area (Å²) in [4.78, 5) is 29.0. The number of alkyl halides is 3. The molecule has 10 nitrogen and oxygen atoms in total. The first kappa shape index (κ1) is 20.5. The summed E-state index contributed by atoms with van der Waals surface area (Å²) >= 11 is 0. The number of nitrogens with zero attached hydrogens (tertiary/aromatic N) is 3. The maximum Gasteiger partial charge on any atom is 0.418 e. The molecule has 0 saturated heterocycles. The number of aliphatic hydroxyl groups excluding tert-OH is 1. The van der Waals surface area contributed by atoms with E-state index >= 15 is 0 Å². The van der Waals surface area contributed by atoms with Crippen LogP contribution in [0.5, 0.6) is 5.75 Å². The number of rotatable bonds is 7. The molecule has 1 saturated carbocycles. The Hall–Kier alpha value is -3.87. The minimum absolute atomic E-state index is 0.0447. The fraction of sp³-hybridized carbons (Fsp3) is 0.364. The van der Waals surface area contributed by atoms with Crippen LogP contribution >= 0.6 is 0 Å². The predicted octanol–water partition coefficient (Wildman–Crippen LogP) is 3.02. The second-order valence-corrected chi connectivity index (χ2v) is 7.96. The summed E-state index contributed by atoms with van der Waals surface area (Å²) in [6.07, 6.45) is -5.32. The molecular weight excluding hydrogens is 469 g/mol. The standard InChI is InChI=1S/C22H23F3N6O4/c1-26-21(34)12-9-27-15(29-20(33)10-4-5-10)8-13(12)28-19-16-14(31(2)30-19)7-6-11(17(16)35-3)18(32)22(23,24)25/h6-10,18,32H,4-5H2,1-3H3,(H,26,34)(H2,27,28,29,30,33)/t18-/m1/s1/i1D3. The van der Waals surface area contributed by atoms with E-state index in [0.717, 1.165) is 32.2 Å². The molecule has 2 amide bonds. The average molecular weight is 495 g/mol. The van der Waals surface area contributed by atoms with Gasteiger partial charge in [0.2, 0.25) is 5.91 Å². The fourth-order valence-corrected chi connectivity index (χ4v) is 3.62. The fourth-order valence-electron chi connectivity index (χ4n) is 3.62. The van der Waals surface area contributed by atoms with Crippen molar-refractivity contribution in [2.24, 2.45) is 13.0 Å². The number of hydrogen-bond acceptors (Lipinski definition) is 7. The number of aromatic nitrogens is 3. The van der Waals surface area contributed by atoms with Gasteiger partial charge in [-0.2, -0.15) is 18.3 Å². The van der Waals surface area contributed by atoms with Gasteiger partial charge in [0.25, 0.3) is 5.91 Å². The second-order valence-electron chi connectivity index (χ2n) is 7.96. The molecule has 35 heavy (non-hydrogen) atoms. The zero-order valence-electron chi connectivity index (χ0n) is 21.5. The van der Waals surface area contributed by atoms with Crippen LogP contribution in [-0.2, 0) is 11.8 Å². The highest BCUT2D eigenvalue weighted by Gasteiger charge is 2.41. The first-order chi connectivity index (χ1) is 17.7. The molecular formula is C22H23F3N6O4. The zero-order valence-corrected chi connectivity index (χ0v) is 18.5. The number of hydrogen-bond donors (Lipinski definition) is 4. The minimum atomic E-state index is -4.98. The first-order valence-corrected chi connectivity index (χ1v) is 10.4. The highest BCUT2D eigenvalue weighted by atomic mass is 19.4. The van der Waals surface area contributed by atoms with Crippen molar-refractivity contribution in [1.82, 2.24) is 20.1 Å². The minimum Gasteiger partial charge on any atom is -0.496 e. The molecule has 2 aromatic heterocycles. The van der Waals surface area contributed by atoms with Gasteiger partial charge in [0.15, 0.2) is 11.9 Å².